The van der Waals surface area contributed by atoms with E-state index >= 15 is 0 Å². The van der Waals surface area contributed by atoms with Gasteiger partial charge in [0.05, 0.1) is 6.61 Å². The summed E-state index contributed by atoms with van der Waals surface area (Å²) in [4.78, 5) is 2.13. The van der Waals surface area contributed by atoms with Crippen molar-refractivity contribution in [2.75, 3.05) is 17.2 Å². The lowest BCUT2D eigenvalue weighted by atomic mass is 10.1. The van der Waals surface area contributed by atoms with E-state index in [1.165, 1.54) is 17.2 Å². The number of nitrogens with two attached hydrogens (primary N) is 1. The number of fused-ring (bicyclic) bond motifs is 1. The van der Waals surface area contributed by atoms with Gasteiger partial charge < -0.3 is 15.4 Å². The highest BCUT2D eigenvalue weighted by molar-refractivity contribution is 5.56. The molecule has 104 valence electrons. The van der Waals surface area contributed by atoms with Crippen LogP contribution >= 0.6 is 0 Å². The molecule has 0 bridgehead atoms. The van der Waals surface area contributed by atoms with Crippen LogP contribution in [-0.2, 0) is 13.1 Å². The predicted octanol–water partition coefficient (Wildman–Crippen LogP) is 3.33. The Hall–Kier alpha value is -2.23. The van der Waals surface area contributed by atoms with Gasteiger partial charge in [0, 0.05) is 30.5 Å². The standard InChI is InChI=1S/C16H17FN2O/c1-2-20-16-6-5-14(8-15(16)17)19-9-11-3-4-13(18)7-12(11)10-19/h3-8H,2,9-10,18H2,1H3. The third-order valence-corrected chi connectivity index (χ3v) is 3.53. The molecule has 20 heavy (non-hydrogen) atoms. The zero-order valence-corrected chi connectivity index (χ0v) is 11.4. The molecule has 3 rings (SSSR count). The second-order valence-corrected chi connectivity index (χ2v) is 4.93. The molecule has 2 aromatic rings. The molecule has 3 nitrogen and oxygen atoms in total. The lowest BCUT2D eigenvalue weighted by Gasteiger charge is -2.18. The van der Waals surface area contributed by atoms with E-state index in [1.807, 2.05) is 31.2 Å². The average molecular weight is 272 g/mol. The van der Waals surface area contributed by atoms with Crippen LogP contribution in [-0.4, -0.2) is 6.61 Å². The Kier molecular flexibility index (Phi) is 3.22. The van der Waals surface area contributed by atoms with Crippen LogP contribution in [0.25, 0.3) is 0 Å². The smallest absolute Gasteiger partial charge is 0.167 e. The van der Waals surface area contributed by atoms with Gasteiger partial charge in [-0.2, -0.15) is 0 Å². The maximum atomic E-state index is 13.9. The largest absolute Gasteiger partial charge is 0.491 e. The summed E-state index contributed by atoms with van der Waals surface area (Å²) in [5, 5.41) is 0. The van der Waals surface area contributed by atoms with Gasteiger partial charge in [0.15, 0.2) is 11.6 Å². The van der Waals surface area contributed by atoms with Crippen molar-refractivity contribution < 1.29 is 9.13 Å². The third-order valence-electron chi connectivity index (χ3n) is 3.53. The number of benzene rings is 2. The molecule has 0 radical (unpaired) electrons. The minimum atomic E-state index is -0.320. The minimum Gasteiger partial charge on any atom is -0.491 e. The zero-order valence-electron chi connectivity index (χ0n) is 11.4. The first-order chi connectivity index (χ1) is 9.67. The van der Waals surface area contributed by atoms with Crippen LogP contribution < -0.4 is 15.4 Å². The highest BCUT2D eigenvalue weighted by Gasteiger charge is 2.20. The molecule has 1 heterocycles. The van der Waals surface area contributed by atoms with Gasteiger partial charge >= 0.3 is 0 Å². The van der Waals surface area contributed by atoms with Gasteiger partial charge in [0.1, 0.15) is 0 Å². The van der Waals surface area contributed by atoms with Gasteiger partial charge in [-0.05, 0) is 42.3 Å². The first-order valence-electron chi connectivity index (χ1n) is 6.72. The molecule has 0 unspecified atom stereocenters. The summed E-state index contributed by atoms with van der Waals surface area (Å²) in [6.07, 6.45) is 0. The molecule has 0 fully saturated rings. The molecule has 4 heteroatoms. The van der Waals surface area contributed by atoms with Crippen molar-refractivity contribution in [3.63, 3.8) is 0 Å². The number of hydrogen-bond donors (Lipinski definition) is 1. The lowest BCUT2D eigenvalue weighted by Crippen LogP contribution is -2.14. The highest BCUT2D eigenvalue weighted by atomic mass is 19.1. The van der Waals surface area contributed by atoms with E-state index in [1.54, 1.807) is 6.07 Å². The molecule has 2 N–H and O–H groups in total. The van der Waals surface area contributed by atoms with Crippen LogP contribution in [0.1, 0.15) is 18.1 Å². The van der Waals surface area contributed by atoms with Crippen molar-refractivity contribution in [1.82, 2.24) is 0 Å². The van der Waals surface area contributed by atoms with Gasteiger partial charge in [-0.25, -0.2) is 4.39 Å². The van der Waals surface area contributed by atoms with E-state index in [2.05, 4.69) is 4.90 Å². The second-order valence-electron chi connectivity index (χ2n) is 4.93. The number of nitrogen functional groups attached to an aromatic ring is 1. The molecule has 0 amide bonds. The monoisotopic (exact) mass is 272 g/mol. The quantitative estimate of drug-likeness (QED) is 0.871. The van der Waals surface area contributed by atoms with Crippen LogP contribution in [0.5, 0.6) is 5.75 Å². The number of ether oxygens (including phenoxy) is 1. The zero-order chi connectivity index (χ0) is 14.1. The summed E-state index contributed by atoms with van der Waals surface area (Å²) in [7, 11) is 0. The highest BCUT2D eigenvalue weighted by Crippen LogP contribution is 2.31. The Labute approximate surface area is 117 Å². The number of anilines is 2. The lowest BCUT2D eigenvalue weighted by molar-refractivity contribution is 0.321. The number of nitrogens with zero attached hydrogens (tertiary/aromatic N) is 1. The Balaban J connectivity index is 1.84. The number of halogens is 1. The maximum absolute atomic E-state index is 13.9. The van der Waals surface area contributed by atoms with Gasteiger partial charge in [0.25, 0.3) is 0 Å². The van der Waals surface area contributed by atoms with E-state index in [4.69, 9.17) is 10.5 Å². The molecule has 0 saturated carbocycles. The van der Waals surface area contributed by atoms with Crippen molar-refractivity contribution in [3.05, 3.63) is 53.3 Å². The summed E-state index contributed by atoms with van der Waals surface area (Å²) in [6.45, 7) is 3.84. The van der Waals surface area contributed by atoms with Gasteiger partial charge in [-0.3, -0.25) is 0 Å². The average Bonchev–Trinajstić information content (AvgIpc) is 2.84. The van der Waals surface area contributed by atoms with Crippen LogP contribution in [0, 0.1) is 5.82 Å². The summed E-state index contributed by atoms with van der Waals surface area (Å²) < 4.78 is 19.1. The first kappa shape index (κ1) is 12.8. The minimum absolute atomic E-state index is 0.303. The van der Waals surface area contributed by atoms with Crippen LogP contribution in [0.3, 0.4) is 0 Å². The fourth-order valence-corrected chi connectivity index (χ4v) is 2.56. The Bertz CT molecular complexity index is 642. The Morgan fingerprint density at radius 2 is 1.95 bits per heavy atom. The van der Waals surface area contributed by atoms with E-state index in [9.17, 15) is 4.39 Å². The summed E-state index contributed by atoms with van der Waals surface area (Å²) >= 11 is 0. The molecular formula is C16H17FN2O. The van der Waals surface area contributed by atoms with Crippen LogP contribution in [0.15, 0.2) is 36.4 Å². The molecule has 0 aromatic heterocycles. The molecule has 0 aliphatic carbocycles. The molecule has 1 aliphatic rings. The van der Waals surface area contributed by atoms with Gasteiger partial charge in [0.2, 0.25) is 0 Å². The molecule has 0 spiro atoms. The second kappa shape index (κ2) is 5.04. The van der Waals surface area contributed by atoms with Crippen molar-refractivity contribution in [3.8, 4) is 5.75 Å². The Morgan fingerprint density at radius 1 is 1.15 bits per heavy atom. The topological polar surface area (TPSA) is 38.5 Å². The SMILES string of the molecule is CCOc1ccc(N2Cc3ccc(N)cc3C2)cc1F. The van der Waals surface area contributed by atoms with Gasteiger partial charge in [-0.15, -0.1) is 0 Å². The molecule has 1 aliphatic heterocycles. The van der Waals surface area contributed by atoms with Crippen molar-refractivity contribution in [2.24, 2.45) is 0 Å². The van der Waals surface area contributed by atoms with E-state index in [0.29, 0.717) is 12.4 Å². The van der Waals surface area contributed by atoms with Crippen molar-refractivity contribution in [1.29, 1.82) is 0 Å². The fourth-order valence-electron chi connectivity index (χ4n) is 2.56. The molecular weight excluding hydrogens is 255 g/mol. The normalized spacial score (nSPS) is 13.4. The molecule has 0 saturated heterocycles. The summed E-state index contributed by atoms with van der Waals surface area (Å²) in [5.74, 6) is -0.0166. The summed E-state index contributed by atoms with van der Waals surface area (Å²) in [6, 6.07) is 11.0. The predicted molar refractivity (Wildman–Crippen MR) is 78.3 cm³/mol. The number of rotatable bonds is 3. The maximum Gasteiger partial charge on any atom is 0.167 e. The van der Waals surface area contributed by atoms with E-state index < -0.39 is 0 Å². The van der Waals surface area contributed by atoms with Gasteiger partial charge in [-0.1, -0.05) is 6.07 Å². The Morgan fingerprint density at radius 3 is 2.70 bits per heavy atom. The fraction of sp³-hybridized carbons (Fsp3) is 0.250. The number of hydrogen-bond acceptors (Lipinski definition) is 3. The van der Waals surface area contributed by atoms with Crippen molar-refractivity contribution >= 4 is 11.4 Å². The van der Waals surface area contributed by atoms with Crippen LogP contribution in [0.2, 0.25) is 0 Å². The molecule has 2 aromatic carbocycles. The summed E-state index contributed by atoms with van der Waals surface area (Å²) in [5.41, 5.74) is 9.88. The molecule has 0 atom stereocenters. The first-order valence-corrected chi connectivity index (χ1v) is 6.72. The van der Waals surface area contributed by atoms with E-state index in [0.717, 1.165) is 24.5 Å². The van der Waals surface area contributed by atoms with Crippen molar-refractivity contribution in [2.45, 2.75) is 20.0 Å². The third kappa shape index (κ3) is 2.29. The van der Waals surface area contributed by atoms with E-state index in [-0.39, 0.29) is 5.82 Å². The van der Waals surface area contributed by atoms with Crippen LogP contribution in [0.4, 0.5) is 15.8 Å².